The minimum atomic E-state index is -0.192. The molecule has 2 aliphatic rings. The second kappa shape index (κ2) is 7.83. The summed E-state index contributed by atoms with van der Waals surface area (Å²) in [5.74, 6) is 1.10. The molecule has 1 aromatic carbocycles. The van der Waals surface area contributed by atoms with E-state index >= 15 is 0 Å². The molecule has 0 aromatic heterocycles. The molecule has 132 valence electrons. The van der Waals surface area contributed by atoms with Gasteiger partial charge in [0.2, 0.25) is 0 Å². The van der Waals surface area contributed by atoms with E-state index in [-0.39, 0.29) is 5.82 Å². The van der Waals surface area contributed by atoms with E-state index in [1.54, 1.807) is 0 Å². The Kier molecular flexibility index (Phi) is 5.56. The van der Waals surface area contributed by atoms with Crippen LogP contribution in [0.2, 0.25) is 0 Å². The van der Waals surface area contributed by atoms with Gasteiger partial charge in [-0.3, -0.25) is 4.99 Å². The van der Waals surface area contributed by atoms with Gasteiger partial charge in [0.05, 0.1) is 0 Å². The highest BCUT2D eigenvalue weighted by Crippen LogP contribution is 2.17. The topological polar surface area (TPSA) is 48.1 Å². The highest BCUT2D eigenvalue weighted by Gasteiger charge is 2.20. The Morgan fingerprint density at radius 3 is 2.54 bits per heavy atom. The average Bonchev–Trinajstić information content (AvgIpc) is 2.61. The molecule has 3 rings (SSSR count). The van der Waals surface area contributed by atoms with Gasteiger partial charge in [-0.2, -0.15) is 0 Å². The molecule has 0 saturated carbocycles. The molecule has 0 spiro atoms. The number of halogens is 1. The fraction of sp³-hybridized carbons (Fsp3) is 0.611. The Labute approximate surface area is 143 Å². The number of aliphatic imine (C=N–C) groups is 1. The van der Waals surface area contributed by atoms with Gasteiger partial charge in [0.1, 0.15) is 5.82 Å². The zero-order valence-corrected chi connectivity index (χ0v) is 14.5. The van der Waals surface area contributed by atoms with Crippen molar-refractivity contribution in [2.75, 3.05) is 57.8 Å². The van der Waals surface area contributed by atoms with Crippen LogP contribution in [0, 0.1) is 11.7 Å². The van der Waals surface area contributed by atoms with Crippen LogP contribution in [-0.4, -0.2) is 68.6 Å². The van der Waals surface area contributed by atoms with Crippen molar-refractivity contribution in [2.45, 2.75) is 12.8 Å². The van der Waals surface area contributed by atoms with Gasteiger partial charge in [-0.05, 0) is 56.6 Å². The third-order valence-electron chi connectivity index (χ3n) is 5.03. The normalized spacial score (nSPS) is 23.6. The second-order valence-electron chi connectivity index (χ2n) is 6.92. The Morgan fingerprint density at radius 2 is 1.88 bits per heavy atom. The Hall–Kier alpha value is -1.82. The number of guanidine groups is 1. The minimum Gasteiger partial charge on any atom is -0.370 e. The Bertz CT molecular complexity index is 551. The van der Waals surface area contributed by atoms with E-state index in [0.717, 1.165) is 45.0 Å². The molecule has 0 aliphatic carbocycles. The molecule has 6 heteroatoms. The summed E-state index contributed by atoms with van der Waals surface area (Å²) in [6.07, 6.45) is 2.51. The fourth-order valence-electron chi connectivity index (χ4n) is 3.59. The maximum absolute atomic E-state index is 13.0. The van der Waals surface area contributed by atoms with Crippen LogP contribution < -0.4 is 10.6 Å². The summed E-state index contributed by atoms with van der Waals surface area (Å²) in [5, 5.41) is 0. The van der Waals surface area contributed by atoms with Crippen molar-refractivity contribution in [2.24, 2.45) is 16.6 Å². The third kappa shape index (κ3) is 4.38. The molecule has 24 heavy (non-hydrogen) atoms. The summed E-state index contributed by atoms with van der Waals surface area (Å²) in [4.78, 5) is 11.4. The molecule has 5 nitrogen and oxygen atoms in total. The molecule has 0 unspecified atom stereocenters. The van der Waals surface area contributed by atoms with Crippen molar-refractivity contribution in [1.29, 1.82) is 0 Å². The van der Waals surface area contributed by atoms with Crippen LogP contribution in [0.1, 0.15) is 12.8 Å². The Morgan fingerprint density at radius 1 is 1.17 bits per heavy atom. The maximum atomic E-state index is 13.0. The fourth-order valence-corrected chi connectivity index (χ4v) is 3.59. The standard InChI is InChI=1S/C18H28FN5/c1-22-8-2-3-15(14-22)13-21-18(20)24-11-9-23(10-12-24)17-6-4-16(19)5-7-17/h4-7,15H,2-3,8-14H2,1H3,(H2,20,21)/t15-/m0/s1. The molecule has 2 N–H and O–H groups in total. The minimum absolute atomic E-state index is 0.192. The summed E-state index contributed by atoms with van der Waals surface area (Å²) in [7, 11) is 2.17. The van der Waals surface area contributed by atoms with E-state index in [1.165, 1.54) is 31.5 Å². The maximum Gasteiger partial charge on any atom is 0.191 e. The molecular weight excluding hydrogens is 305 g/mol. The zero-order chi connectivity index (χ0) is 16.9. The first-order chi connectivity index (χ1) is 11.6. The van der Waals surface area contributed by atoms with E-state index in [2.05, 4.69) is 26.7 Å². The smallest absolute Gasteiger partial charge is 0.191 e. The molecule has 2 fully saturated rings. The highest BCUT2D eigenvalue weighted by atomic mass is 19.1. The number of nitrogens with zero attached hydrogens (tertiary/aromatic N) is 4. The van der Waals surface area contributed by atoms with E-state index in [1.807, 2.05) is 12.1 Å². The molecule has 0 bridgehead atoms. The number of likely N-dealkylation sites (tertiary alicyclic amines) is 1. The summed E-state index contributed by atoms with van der Waals surface area (Å²) >= 11 is 0. The largest absolute Gasteiger partial charge is 0.370 e. The summed E-state index contributed by atoms with van der Waals surface area (Å²) in [5.41, 5.74) is 7.26. The van der Waals surface area contributed by atoms with Gasteiger partial charge in [-0.15, -0.1) is 0 Å². The van der Waals surface area contributed by atoms with Crippen LogP contribution in [0.3, 0.4) is 0 Å². The lowest BCUT2D eigenvalue weighted by Crippen LogP contribution is -2.51. The molecule has 0 radical (unpaired) electrons. The van der Waals surface area contributed by atoms with Crippen LogP contribution >= 0.6 is 0 Å². The van der Waals surface area contributed by atoms with Crippen LogP contribution in [-0.2, 0) is 0 Å². The van der Waals surface area contributed by atoms with E-state index in [4.69, 9.17) is 5.73 Å². The SMILES string of the molecule is CN1CCC[C@@H](CN=C(N)N2CCN(c3ccc(F)cc3)CC2)C1. The quantitative estimate of drug-likeness (QED) is 0.674. The average molecular weight is 333 g/mol. The number of hydrogen-bond donors (Lipinski definition) is 1. The number of hydrogen-bond acceptors (Lipinski definition) is 3. The monoisotopic (exact) mass is 333 g/mol. The van der Waals surface area contributed by atoms with Crippen molar-refractivity contribution in [1.82, 2.24) is 9.80 Å². The summed E-state index contributed by atoms with van der Waals surface area (Å²) < 4.78 is 13.0. The zero-order valence-electron chi connectivity index (χ0n) is 14.5. The number of anilines is 1. The van der Waals surface area contributed by atoms with Gasteiger partial charge in [0, 0.05) is 45.0 Å². The van der Waals surface area contributed by atoms with Crippen molar-refractivity contribution in [3.63, 3.8) is 0 Å². The Balaban J connectivity index is 1.48. The number of benzene rings is 1. The van der Waals surface area contributed by atoms with Crippen molar-refractivity contribution < 1.29 is 4.39 Å². The van der Waals surface area contributed by atoms with Gasteiger partial charge in [-0.25, -0.2) is 4.39 Å². The second-order valence-corrected chi connectivity index (χ2v) is 6.92. The first-order valence-corrected chi connectivity index (χ1v) is 8.86. The lowest BCUT2D eigenvalue weighted by atomic mass is 9.99. The molecule has 2 heterocycles. The van der Waals surface area contributed by atoms with Gasteiger partial charge in [0.15, 0.2) is 5.96 Å². The van der Waals surface area contributed by atoms with Crippen molar-refractivity contribution in [3.8, 4) is 0 Å². The molecule has 2 aliphatic heterocycles. The highest BCUT2D eigenvalue weighted by molar-refractivity contribution is 5.78. The molecule has 1 aromatic rings. The van der Waals surface area contributed by atoms with E-state index in [9.17, 15) is 4.39 Å². The first-order valence-electron chi connectivity index (χ1n) is 8.86. The first kappa shape index (κ1) is 17.0. The number of nitrogens with two attached hydrogens (primary N) is 1. The van der Waals surface area contributed by atoms with Gasteiger partial charge < -0.3 is 20.4 Å². The summed E-state index contributed by atoms with van der Waals surface area (Å²) in [6.45, 7) is 6.63. The van der Waals surface area contributed by atoms with E-state index in [0.29, 0.717) is 11.9 Å². The predicted octanol–water partition coefficient (Wildman–Crippen LogP) is 1.60. The van der Waals surface area contributed by atoms with Crippen LogP contribution in [0.25, 0.3) is 0 Å². The third-order valence-corrected chi connectivity index (χ3v) is 5.03. The van der Waals surface area contributed by atoms with Crippen molar-refractivity contribution >= 4 is 11.6 Å². The predicted molar refractivity (Wildman–Crippen MR) is 96.9 cm³/mol. The van der Waals surface area contributed by atoms with E-state index < -0.39 is 0 Å². The van der Waals surface area contributed by atoms with Crippen LogP contribution in [0.4, 0.5) is 10.1 Å². The lowest BCUT2D eigenvalue weighted by Gasteiger charge is -2.37. The number of rotatable bonds is 3. The van der Waals surface area contributed by atoms with Crippen LogP contribution in [0.5, 0.6) is 0 Å². The molecule has 0 amide bonds. The molecule has 1 atom stereocenters. The summed E-state index contributed by atoms with van der Waals surface area (Å²) in [6, 6.07) is 6.70. The van der Waals surface area contributed by atoms with Gasteiger partial charge >= 0.3 is 0 Å². The number of piperazine rings is 1. The van der Waals surface area contributed by atoms with Crippen LogP contribution in [0.15, 0.2) is 29.3 Å². The molecule has 2 saturated heterocycles. The van der Waals surface area contributed by atoms with Gasteiger partial charge in [0.25, 0.3) is 0 Å². The lowest BCUT2D eigenvalue weighted by molar-refractivity contribution is 0.214. The molecular formula is C18H28FN5. The number of piperidine rings is 1. The van der Waals surface area contributed by atoms with Gasteiger partial charge in [-0.1, -0.05) is 0 Å². The van der Waals surface area contributed by atoms with Crippen molar-refractivity contribution in [3.05, 3.63) is 30.1 Å².